The van der Waals surface area contributed by atoms with Crippen LogP contribution in [-0.4, -0.2) is 19.9 Å². The van der Waals surface area contributed by atoms with E-state index in [9.17, 15) is 13.2 Å². The third-order valence-corrected chi connectivity index (χ3v) is 2.43. The first-order valence-corrected chi connectivity index (χ1v) is 5.70. The van der Waals surface area contributed by atoms with Crippen molar-refractivity contribution in [2.24, 2.45) is 5.73 Å². The summed E-state index contributed by atoms with van der Waals surface area (Å²) in [6, 6.07) is 3.62. The maximum absolute atomic E-state index is 12.4. The van der Waals surface area contributed by atoms with Gasteiger partial charge >= 0.3 is 6.18 Å². The lowest BCUT2D eigenvalue weighted by Gasteiger charge is -2.08. The molecular formula is C11H8F3N5S. The minimum Gasteiger partial charge on any atom is -0.388 e. The Morgan fingerprint density at radius 2 is 1.95 bits per heavy atom. The van der Waals surface area contributed by atoms with E-state index in [1.807, 2.05) is 0 Å². The summed E-state index contributed by atoms with van der Waals surface area (Å²) in [6.45, 7) is 0. The topological polar surface area (TPSA) is 76.7 Å². The van der Waals surface area contributed by atoms with Gasteiger partial charge in [-0.05, 0) is 18.2 Å². The summed E-state index contributed by atoms with van der Waals surface area (Å²) >= 11 is 4.77. The Kier molecular flexibility index (Phi) is 3.79. The van der Waals surface area contributed by atoms with Gasteiger partial charge in [0.25, 0.3) is 0 Å². The number of nitrogens with zero attached hydrogens (tertiary/aromatic N) is 3. The summed E-state index contributed by atoms with van der Waals surface area (Å²) in [5, 5.41) is 2.71. The van der Waals surface area contributed by atoms with Gasteiger partial charge in [-0.1, -0.05) is 12.2 Å². The smallest absolute Gasteiger partial charge is 0.388 e. The van der Waals surface area contributed by atoms with Crippen LogP contribution in [0, 0.1) is 0 Å². The quantitative estimate of drug-likeness (QED) is 0.847. The van der Waals surface area contributed by atoms with Crippen LogP contribution in [0.2, 0.25) is 0 Å². The molecule has 0 unspecified atom stereocenters. The fourth-order valence-electron chi connectivity index (χ4n) is 1.32. The highest BCUT2D eigenvalue weighted by atomic mass is 32.1. The van der Waals surface area contributed by atoms with Gasteiger partial charge in [-0.15, -0.1) is 0 Å². The van der Waals surface area contributed by atoms with E-state index in [2.05, 4.69) is 20.3 Å². The van der Waals surface area contributed by atoms with Gasteiger partial charge in [-0.2, -0.15) is 13.2 Å². The second-order valence-electron chi connectivity index (χ2n) is 3.68. The summed E-state index contributed by atoms with van der Waals surface area (Å²) in [5.74, 6) is 0.164. The van der Waals surface area contributed by atoms with Crippen LogP contribution in [0.5, 0.6) is 0 Å². The van der Waals surface area contributed by atoms with E-state index in [4.69, 9.17) is 18.0 Å². The van der Waals surface area contributed by atoms with Crippen molar-refractivity contribution >= 4 is 28.8 Å². The van der Waals surface area contributed by atoms with E-state index in [0.29, 0.717) is 11.4 Å². The van der Waals surface area contributed by atoms with Gasteiger partial charge < -0.3 is 11.1 Å². The van der Waals surface area contributed by atoms with Crippen molar-refractivity contribution < 1.29 is 13.2 Å². The second-order valence-corrected chi connectivity index (χ2v) is 4.12. The Bertz CT molecular complexity index is 627. The van der Waals surface area contributed by atoms with Gasteiger partial charge in [0.05, 0.1) is 11.9 Å². The first-order valence-electron chi connectivity index (χ1n) is 5.29. The molecule has 0 aliphatic carbocycles. The lowest BCUT2D eigenvalue weighted by atomic mass is 10.3. The van der Waals surface area contributed by atoms with E-state index in [1.54, 1.807) is 0 Å². The maximum Gasteiger partial charge on any atom is 0.433 e. The number of hydrogen-bond donors (Lipinski definition) is 2. The predicted octanol–water partition coefficient (Wildman–Crippen LogP) is 2.27. The third-order valence-electron chi connectivity index (χ3n) is 2.22. The summed E-state index contributed by atoms with van der Waals surface area (Å²) in [5.41, 5.74) is 5.12. The zero-order valence-corrected chi connectivity index (χ0v) is 10.7. The number of anilines is 2. The molecule has 0 atom stereocenters. The molecule has 104 valence electrons. The van der Waals surface area contributed by atoms with Crippen LogP contribution in [-0.2, 0) is 6.18 Å². The Balaban J connectivity index is 2.18. The third kappa shape index (κ3) is 3.38. The molecule has 0 fully saturated rings. The monoisotopic (exact) mass is 299 g/mol. The summed E-state index contributed by atoms with van der Waals surface area (Å²) in [7, 11) is 0. The number of thiocarbonyl (C=S) groups is 1. The number of nitrogens with two attached hydrogens (primary N) is 1. The molecule has 2 aromatic rings. The van der Waals surface area contributed by atoms with Crippen molar-refractivity contribution in [1.29, 1.82) is 0 Å². The molecule has 2 heterocycles. The standard InChI is InChI=1S/C11H8F3N5S/c12-11(13,14)8-2-1-6(5-17-8)18-10-16-4-3-7(19-10)9(15)20/h1-5H,(H2,15,20)(H,16,18,19). The molecule has 0 saturated heterocycles. The van der Waals surface area contributed by atoms with Crippen molar-refractivity contribution in [3.8, 4) is 0 Å². The summed E-state index contributed by atoms with van der Waals surface area (Å²) in [6.07, 6.45) is -2.00. The molecule has 2 rings (SSSR count). The lowest BCUT2D eigenvalue weighted by molar-refractivity contribution is -0.141. The molecule has 0 bridgehead atoms. The van der Waals surface area contributed by atoms with Crippen molar-refractivity contribution in [3.63, 3.8) is 0 Å². The highest BCUT2D eigenvalue weighted by Crippen LogP contribution is 2.28. The van der Waals surface area contributed by atoms with E-state index in [0.717, 1.165) is 12.3 Å². The Morgan fingerprint density at radius 1 is 1.20 bits per heavy atom. The van der Waals surface area contributed by atoms with Crippen LogP contribution in [0.25, 0.3) is 0 Å². The van der Waals surface area contributed by atoms with Gasteiger partial charge in [-0.3, -0.25) is 0 Å². The van der Waals surface area contributed by atoms with Crippen LogP contribution in [0.3, 0.4) is 0 Å². The molecule has 2 aromatic heterocycles. The molecule has 9 heteroatoms. The van der Waals surface area contributed by atoms with Crippen molar-refractivity contribution in [3.05, 3.63) is 42.0 Å². The van der Waals surface area contributed by atoms with Crippen LogP contribution in [0.1, 0.15) is 11.4 Å². The summed E-state index contributed by atoms with van der Waals surface area (Å²) in [4.78, 5) is 11.3. The Hall–Kier alpha value is -2.29. The Labute approximate surface area is 117 Å². The highest BCUT2D eigenvalue weighted by Gasteiger charge is 2.32. The zero-order valence-electron chi connectivity index (χ0n) is 9.85. The van der Waals surface area contributed by atoms with Crippen LogP contribution < -0.4 is 11.1 Å². The largest absolute Gasteiger partial charge is 0.433 e. The van der Waals surface area contributed by atoms with Crippen molar-refractivity contribution in [1.82, 2.24) is 15.0 Å². The summed E-state index contributed by atoms with van der Waals surface area (Å²) < 4.78 is 37.1. The molecule has 0 aliphatic rings. The predicted molar refractivity (Wildman–Crippen MR) is 70.4 cm³/mol. The van der Waals surface area contributed by atoms with E-state index in [-0.39, 0.29) is 10.9 Å². The van der Waals surface area contributed by atoms with Crippen LogP contribution in [0.4, 0.5) is 24.8 Å². The molecular weight excluding hydrogens is 291 g/mol. The SMILES string of the molecule is NC(=S)c1ccnc(Nc2ccc(C(F)(F)F)nc2)n1. The number of hydrogen-bond acceptors (Lipinski definition) is 5. The number of aromatic nitrogens is 3. The second kappa shape index (κ2) is 5.37. The zero-order chi connectivity index (χ0) is 14.8. The molecule has 0 aromatic carbocycles. The van der Waals surface area contributed by atoms with Crippen LogP contribution >= 0.6 is 12.2 Å². The van der Waals surface area contributed by atoms with Gasteiger partial charge in [0.15, 0.2) is 0 Å². The van der Waals surface area contributed by atoms with Gasteiger partial charge in [0.2, 0.25) is 5.95 Å². The molecule has 0 spiro atoms. The van der Waals surface area contributed by atoms with Gasteiger partial charge in [-0.25, -0.2) is 15.0 Å². The minimum absolute atomic E-state index is 0.0981. The maximum atomic E-state index is 12.4. The van der Waals surface area contributed by atoms with Crippen LogP contribution in [0.15, 0.2) is 30.6 Å². The number of halogens is 3. The van der Waals surface area contributed by atoms with Gasteiger partial charge in [0.1, 0.15) is 16.4 Å². The first kappa shape index (κ1) is 14.1. The molecule has 0 radical (unpaired) electrons. The van der Waals surface area contributed by atoms with E-state index < -0.39 is 11.9 Å². The Morgan fingerprint density at radius 3 is 2.50 bits per heavy atom. The first-order chi connectivity index (χ1) is 9.36. The average Bonchev–Trinajstić information content (AvgIpc) is 2.38. The molecule has 20 heavy (non-hydrogen) atoms. The molecule has 5 nitrogen and oxygen atoms in total. The molecule has 3 N–H and O–H groups in total. The molecule has 0 aliphatic heterocycles. The normalized spacial score (nSPS) is 11.2. The van der Waals surface area contributed by atoms with E-state index >= 15 is 0 Å². The molecule has 0 amide bonds. The number of alkyl halides is 3. The number of pyridine rings is 1. The highest BCUT2D eigenvalue weighted by molar-refractivity contribution is 7.80. The lowest BCUT2D eigenvalue weighted by Crippen LogP contribution is -2.13. The molecule has 0 saturated carbocycles. The fourth-order valence-corrected chi connectivity index (χ4v) is 1.43. The fraction of sp³-hybridized carbons (Fsp3) is 0.0909. The minimum atomic E-state index is -4.47. The van der Waals surface area contributed by atoms with Gasteiger partial charge in [0, 0.05) is 6.20 Å². The number of nitrogens with one attached hydrogen (secondary N) is 1. The van der Waals surface area contributed by atoms with E-state index in [1.165, 1.54) is 18.3 Å². The number of rotatable bonds is 3. The average molecular weight is 299 g/mol. The van der Waals surface area contributed by atoms with Crippen molar-refractivity contribution in [2.45, 2.75) is 6.18 Å². The van der Waals surface area contributed by atoms with Crippen molar-refractivity contribution in [2.75, 3.05) is 5.32 Å².